The number of aliphatic carboxylic acids is 1. The normalized spacial score (nSPS) is 19.5. The summed E-state index contributed by atoms with van der Waals surface area (Å²) in [6.07, 6.45) is 0.964. The average molecular weight is 351 g/mol. The van der Waals surface area contributed by atoms with E-state index in [2.05, 4.69) is 10.6 Å². The minimum Gasteiger partial charge on any atom is -0.481 e. The Bertz CT molecular complexity index is 650. The van der Waals surface area contributed by atoms with Crippen LogP contribution in [0.5, 0.6) is 0 Å². The number of rotatable bonds is 6. The molecular formula is C17H22FN3O4. The third-order valence-electron chi connectivity index (χ3n) is 4.30. The van der Waals surface area contributed by atoms with Gasteiger partial charge in [-0.15, -0.1) is 0 Å². The minimum absolute atomic E-state index is 0.190. The highest BCUT2D eigenvalue weighted by atomic mass is 19.1. The monoisotopic (exact) mass is 351 g/mol. The standard InChI is InChI=1S/C17H22FN3O4/c1-17(15(23)24)7-10-21(11-17)16(25)20-9-2-8-19-14(22)12-3-5-13(18)6-4-12/h3-6H,2,7-11H2,1H3,(H,19,22)(H,20,25)(H,23,24). The van der Waals surface area contributed by atoms with Crippen LogP contribution in [0.25, 0.3) is 0 Å². The molecule has 1 fully saturated rings. The largest absolute Gasteiger partial charge is 0.481 e. The first kappa shape index (κ1) is 18.7. The lowest BCUT2D eigenvalue weighted by atomic mass is 9.90. The van der Waals surface area contributed by atoms with Crippen molar-refractivity contribution in [3.8, 4) is 0 Å². The molecule has 8 heteroatoms. The van der Waals surface area contributed by atoms with Crippen LogP contribution in [0.1, 0.15) is 30.1 Å². The Kier molecular flexibility index (Phi) is 5.95. The summed E-state index contributed by atoms with van der Waals surface area (Å²) in [6.45, 7) is 2.96. The van der Waals surface area contributed by atoms with Crippen LogP contribution in [-0.2, 0) is 4.79 Å². The van der Waals surface area contributed by atoms with Gasteiger partial charge in [-0.05, 0) is 44.0 Å². The smallest absolute Gasteiger partial charge is 0.317 e. The molecule has 0 radical (unpaired) electrons. The van der Waals surface area contributed by atoms with Crippen LogP contribution < -0.4 is 10.6 Å². The lowest BCUT2D eigenvalue weighted by Gasteiger charge is -2.20. The maximum atomic E-state index is 12.8. The van der Waals surface area contributed by atoms with Gasteiger partial charge in [-0.1, -0.05) is 0 Å². The molecule has 1 atom stereocenters. The number of carboxylic acid groups (broad SMARTS) is 1. The van der Waals surface area contributed by atoms with E-state index in [1.165, 1.54) is 29.2 Å². The van der Waals surface area contributed by atoms with Gasteiger partial charge in [0.05, 0.1) is 5.41 Å². The van der Waals surface area contributed by atoms with E-state index in [1.807, 2.05) is 0 Å². The van der Waals surface area contributed by atoms with Gasteiger partial charge >= 0.3 is 12.0 Å². The lowest BCUT2D eigenvalue weighted by molar-refractivity contribution is -0.147. The molecule has 1 unspecified atom stereocenters. The topological polar surface area (TPSA) is 98.7 Å². The van der Waals surface area contributed by atoms with Crippen LogP contribution >= 0.6 is 0 Å². The predicted molar refractivity (Wildman–Crippen MR) is 88.7 cm³/mol. The van der Waals surface area contributed by atoms with Crippen molar-refractivity contribution in [2.45, 2.75) is 19.8 Å². The summed E-state index contributed by atoms with van der Waals surface area (Å²) in [5, 5.41) is 14.6. The number of nitrogens with zero attached hydrogens (tertiary/aromatic N) is 1. The average Bonchev–Trinajstić information content (AvgIpc) is 2.99. The van der Waals surface area contributed by atoms with Gasteiger partial charge in [0, 0.05) is 31.7 Å². The van der Waals surface area contributed by atoms with Gasteiger partial charge < -0.3 is 20.6 Å². The summed E-state index contributed by atoms with van der Waals surface area (Å²) < 4.78 is 12.8. The number of nitrogens with one attached hydrogen (secondary N) is 2. The first-order valence-corrected chi connectivity index (χ1v) is 8.12. The predicted octanol–water partition coefficient (Wildman–Crippen LogP) is 1.45. The van der Waals surface area contributed by atoms with Gasteiger partial charge in [-0.2, -0.15) is 0 Å². The Morgan fingerprint density at radius 2 is 1.84 bits per heavy atom. The summed E-state index contributed by atoms with van der Waals surface area (Å²) in [4.78, 5) is 36.5. The molecule has 1 aliphatic rings. The van der Waals surface area contributed by atoms with Gasteiger partial charge in [-0.3, -0.25) is 9.59 Å². The van der Waals surface area contributed by atoms with Crippen LogP contribution in [-0.4, -0.2) is 54.1 Å². The number of halogens is 1. The first-order chi connectivity index (χ1) is 11.8. The van der Waals surface area contributed by atoms with Gasteiger partial charge in [0.15, 0.2) is 0 Å². The van der Waals surface area contributed by atoms with Crippen LogP contribution in [0.15, 0.2) is 24.3 Å². The fourth-order valence-electron chi connectivity index (χ4n) is 2.61. The third kappa shape index (κ3) is 4.91. The second-order valence-corrected chi connectivity index (χ2v) is 6.39. The van der Waals surface area contributed by atoms with Crippen molar-refractivity contribution in [1.29, 1.82) is 0 Å². The van der Waals surface area contributed by atoms with Crippen molar-refractivity contribution in [3.63, 3.8) is 0 Å². The Balaban J connectivity index is 1.64. The molecular weight excluding hydrogens is 329 g/mol. The molecule has 1 aliphatic heterocycles. The van der Waals surface area contributed by atoms with Gasteiger partial charge in [0.25, 0.3) is 5.91 Å². The van der Waals surface area contributed by atoms with Crippen molar-refractivity contribution in [1.82, 2.24) is 15.5 Å². The maximum Gasteiger partial charge on any atom is 0.317 e. The Morgan fingerprint density at radius 1 is 1.20 bits per heavy atom. The lowest BCUT2D eigenvalue weighted by Crippen LogP contribution is -2.41. The number of urea groups is 1. The highest BCUT2D eigenvalue weighted by Gasteiger charge is 2.42. The van der Waals surface area contributed by atoms with Crippen LogP contribution in [0, 0.1) is 11.2 Å². The van der Waals surface area contributed by atoms with Crippen LogP contribution in [0.2, 0.25) is 0 Å². The molecule has 1 heterocycles. The summed E-state index contributed by atoms with van der Waals surface area (Å²) >= 11 is 0. The molecule has 1 aromatic rings. The van der Waals surface area contributed by atoms with Crippen LogP contribution in [0.3, 0.4) is 0 Å². The van der Waals surface area contributed by atoms with E-state index in [4.69, 9.17) is 5.11 Å². The van der Waals surface area contributed by atoms with E-state index in [9.17, 15) is 18.8 Å². The molecule has 0 bridgehead atoms. The van der Waals surface area contributed by atoms with Gasteiger partial charge in [0.2, 0.25) is 0 Å². The van der Waals surface area contributed by atoms with E-state index in [0.29, 0.717) is 38.0 Å². The van der Waals surface area contributed by atoms with Gasteiger partial charge in [0.1, 0.15) is 5.82 Å². The molecule has 7 nitrogen and oxygen atoms in total. The van der Waals surface area contributed by atoms with Crippen molar-refractivity contribution in [2.24, 2.45) is 5.41 Å². The molecule has 0 aromatic heterocycles. The molecule has 136 valence electrons. The number of likely N-dealkylation sites (tertiary alicyclic amines) is 1. The van der Waals surface area contributed by atoms with Crippen molar-refractivity contribution < 1.29 is 23.9 Å². The fourth-order valence-corrected chi connectivity index (χ4v) is 2.61. The minimum atomic E-state index is -0.897. The Labute approximate surface area is 145 Å². The zero-order chi connectivity index (χ0) is 18.4. The summed E-state index contributed by atoms with van der Waals surface area (Å²) in [5.41, 5.74) is -0.518. The molecule has 25 heavy (non-hydrogen) atoms. The van der Waals surface area contributed by atoms with E-state index in [-0.39, 0.29) is 18.5 Å². The molecule has 1 saturated heterocycles. The quantitative estimate of drug-likeness (QED) is 0.676. The Morgan fingerprint density at radius 3 is 2.44 bits per heavy atom. The highest BCUT2D eigenvalue weighted by molar-refractivity contribution is 5.94. The van der Waals surface area contributed by atoms with Crippen molar-refractivity contribution in [3.05, 3.63) is 35.6 Å². The van der Waals surface area contributed by atoms with Crippen LogP contribution in [0.4, 0.5) is 9.18 Å². The first-order valence-electron chi connectivity index (χ1n) is 8.12. The molecule has 2 rings (SSSR count). The summed E-state index contributed by atoms with van der Waals surface area (Å²) in [6, 6.07) is 4.94. The Hall–Kier alpha value is -2.64. The zero-order valence-electron chi connectivity index (χ0n) is 14.0. The summed E-state index contributed by atoms with van der Waals surface area (Å²) in [5.74, 6) is -1.60. The SMILES string of the molecule is CC1(C(=O)O)CCN(C(=O)NCCCNC(=O)c2ccc(F)cc2)C1. The number of benzene rings is 1. The van der Waals surface area contributed by atoms with E-state index in [1.54, 1.807) is 6.92 Å². The molecule has 0 spiro atoms. The number of amides is 3. The van der Waals surface area contributed by atoms with Gasteiger partial charge in [-0.25, -0.2) is 9.18 Å². The number of hydrogen-bond donors (Lipinski definition) is 3. The molecule has 1 aromatic carbocycles. The third-order valence-corrected chi connectivity index (χ3v) is 4.30. The molecule has 3 N–H and O–H groups in total. The van der Waals surface area contributed by atoms with Crippen molar-refractivity contribution >= 4 is 17.9 Å². The maximum absolute atomic E-state index is 12.8. The molecule has 3 amide bonds. The zero-order valence-corrected chi connectivity index (χ0v) is 14.0. The number of hydrogen-bond acceptors (Lipinski definition) is 3. The second kappa shape index (κ2) is 7.96. The molecule has 0 aliphatic carbocycles. The number of carboxylic acids is 1. The van der Waals surface area contributed by atoms with Crippen molar-refractivity contribution in [2.75, 3.05) is 26.2 Å². The summed E-state index contributed by atoms with van der Waals surface area (Å²) in [7, 11) is 0. The van der Waals surface area contributed by atoms with E-state index < -0.39 is 17.2 Å². The fraction of sp³-hybridized carbons (Fsp3) is 0.471. The molecule has 0 saturated carbocycles. The number of carbonyl (C=O) groups excluding carboxylic acids is 2. The van der Waals surface area contributed by atoms with E-state index >= 15 is 0 Å². The number of carbonyl (C=O) groups is 3. The van der Waals surface area contributed by atoms with E-state index in [0.717, 1.165) is 0 Å². The highest BCUT2D eigenvalue weighted by Crippen LogP contribution is 2.29. The second-order valence-electron chi connectivity index (χ2n) is 6.39.